The van der Waals surface area contributed by atoms with Crippen molar-refractivity contribution in [2.24, 2.45) is 0 Å². The van der Waals surface area contributed by atoms with Crippen LogP contribution in [-0.4, -0.2) is 41.0 Å². The third-order valence-corrected chi connectivity index (χ3v) is 2.87. The van der Waals surface area contributed by atoms with Gasteiger partial charge in [0, 0.05) is 31.7 Å². The number of carbonyl (C=O) groups is 3. The van der Waals surface area contributed by atoms with E-state index in [1.54, 1.807) is 20.8 Å². The maximum absolute atomic E-state index is 11.6. The third-order valence-electron chi connectivity index (χ3n) is 2.23. The van der Waals surface area contributed by atoms with Gasteiger partial charge in [-0.05, 0) is 20.8 Å². The monoisotopic (exact) mass is 378 g/mol. The number of hydrogen-bond donors (Lipinski definition) is 0. The molecule has 0 saturated heterocycles. The lowest BCUT2D eigenvalue weighted by molar-refractivity contribution is -0.163. The highest BCUT2D eigenvalue weighted by atomic mass is 79.9. The highest BCUT2D eigenvalue weighted by Gasteiger charge is 2.25. The average molecular weight is 379 g/mol. The second-order valence-corrected chi connectivity index (χ2v) is 6.27. The molecule has 0 aromatic heterocycles. The van der Waals surface area contributed by atoms with Crippen molar-refractivity contribution < 1.29 is 28.6 Å². The van der Waals surface area contributed by atoms with Crippen molar-refractivity contribution >= 4 is 33.8 Å². The standard InChI is InChI=1S/C15H23BrO6/c1-10(17)20-12(13(9-16)21-11(2)18)7-6-8-14(19)22-15(3,4)5/h6,8,12-13H,7,9H2,1-5H3/b8-6+/t12-,13+/m0/s1. The van der Waals surface area contributed by atoms with Crippen LogP contribution in [0.5, 0.6) is 0 Å². The highest BCUT2D eigenvalue weighted by Crippen LogP contribution is 2.14. The van der Waals surface area contributed by atoms with Crippen LogP contribution in [0.1, 0.15) is 41.0 Å². The Kier molecular flexibility index (Phi) is 9.01. The van der Waals surface area contributed by atoms with Crippen molar-refractivity contribution in [1.29, 1.82) is 0 Å². The number of halogens is 1. The van der Waals surface area contributed by atoms with E-state index in [9.17, 15) is 14.4 Å². The first-order valence-electron chi connectivity index (χ1n) is 6.85. The van der Waals surface area contributed by atoms with Crippen molar-refractivity contribution in [3.8, 4) is 0 Å². The van der Waals surface area contributed by atoms with Gasteiger partial charge in [-0.15, -0.1) is 0 Å². The lowest BCUT2D eigenvalue weighted by Gasteiger charge is -2.24. The first-order valence-corrected chi connectivity index (χ1v) is 7.97. The maximum atomic E-state index is 11.6. The maximum Gasteiger partial charge on any atom is 0.330 e. The molecule has 2 atom stereocenters. The SMILES string of the molecule is CC(=O)O[C@@H](C/C=C/C(=O)OC(C)(C)C)[C@@H](CBr)OC(C)=O. The van der Waals surface area contributed by atoms with Crippen LogP contribution in [0, 0.1) is 0 Å². The summed E-state index contributed by atoms with van der Waals surface area (Å²) in [5.41, 5.74) is -0.577. The summed E-state index contributed by atoms with van der Waals surface area (Å²) in [5.74, 6) is -1.46. The minimum Gasteiger partial charge on any atom is -0.458 e. The molecular formula is C15H23BrO6. The molecule has 0 spiro atoms. The summed E-state index contributed by atoms with van der Waals surface area (Å²) in [6, 6.07) is 0. The van der Waals surface area contributed by atoms with Crippen LogP contribution in [0.4, 0.5) is 0 Å². The van der Waals surface area contributed by atoms with Gasteiger partial charge in [-0.3, -0.25) is 9.59 Å². The van der Waals surface area contributed by atoms with Crippen molar-refractivity contribution in [3.05, 3.63) is 12.2 Å². The Labute approximate surface area is 139 Å². The van der Waals surface area contributed by atoms with Gasteiger partial charge in [0.2, 0.25) is 0 Å². The van der Waals surface area contributed by atoms with E-state index < -0.39 is 35.7 Å². The zero-order valence-electron chi connectivity index (χ0n) is 13.6. The molecule has 0 aliphatic heterocycles. The van der Waals surface area contributed by atoms with Gasteiger partial charge in [-0.25, -0.2) is 4.79 Å². The predicted octanol–water partition coefficient (Wildman–Crippen LogP) is 2.53. The summed E-state index contributed by atoms with van der Waals surface area (Å²) in [4.78, 5) is 33.8. The van der Waals surface area contributed by atoms with Gasteiger partial charge in [0.15, 0.2) is 0 Å². The molecule has 0 N–H and O–H groups in total. The number of hydrogen-bond acceptors (Lipinski definition) is 6. The molecular weight excluding hydrogens is 356 g/mol. The first-order chi connectivity index (χ1) is 10.0. The van der Waals surface area contributed by atoms with Gasteiger partial charge < -0.3 is 14.2 Å². The second-order valence-electron chi connectivity index (χ2n) is 5.62. The lowest BCUT2D eigenvalue weighted by atomic mass is 10.1. The fourth-order valence-electron chi connectivity index (χ4n) is 1.54. The second kappa shape index (κ2) is 9.61. The number of ether oxygens (including phenoxy) is 3. The van der Waals surface area contributed by atoms with Gasteiger partial charge in [0.05, 0.1) is 0 Å². The molecule has 0 fully saturated rings. The number of alkyl halides is 1. The van der Waals surface area contributed by atoms with E-state index in [0.717, 1.165) is 0 Å². The van der Waals surface area contributed by atoms with Crippen LogP contribution in [0.25, 0.3) is 0 Å². The Balaban J connectivity index is 4.74. The quantitative estimate of drug-likeness (QED) is 0.293. The Morgan fingerprint density at radius 2 is 1.55 bits per heavy atom. The molecule has 0 aromatic rings. The van der Waals surface area contributed by atoms with Gasteiger partial charge in [-0.2, -0.15) is 0 Å². The Morgan fingerprint density at radius 3 is 1.95 bits per heavy atom. The number of rotatable bonds is 7. The van der Waals surface area contributed by atoms with Crippen LogP contribution >= 0.6 is 15.9 Å². The molecule has 0 rings (SSSR count). The van der Waals surface area contributed by atoms with Gasteiger partial charge >= 0.3 is 17.9 Å². The third kappa shape index (κ3) is 10.4. The molecule has 0 saturated carbocycles. The number of carbonyl (C=O) groups excluding carboxylic acids is 3. The zero-order valence-corrected chi connectivity index (χ0v) is 15.1. The minimum absolute atomic E-state index is 0.225. The summed E-state index contributed by atoms with van der Waals surface area (Å²) in [7, 11) is 0. The summed E-state index contributed by atoms with van der Waals surface area (Å²) < 4.78 is 15.3. The number of esters is 3. The molecule has 0 unspecified atom stereocenters. The molecule has 6 nitrogen and oxygen atoms in total. The van der Waals surface area contributed by atoms with E-state index in [2.05, 4.69) is 15.9 Å². The van der Waals surface area contributed by atoms with E-state index in [-0.39, 0.29) is 6.42 Å². The molecule has 0 heterocycles. The molecule has 22 heavy (non-hydrogen) atoms. The van der Waals surface area contributed by atoms with Crippen LogP contribution in [0.15, 0.2) is 12.2 Å². The molecule has 0 aliphatic rings. The predicted molar refractivity (Wildman–Crippen MR) is 84.5 cm³/mol. The molecule has 0 aliphatic carbocycles. The van der Waals surface area contributed by atoms with Crippen LogP contribution in [0.2, 0.25) is 0 Å². The normalized spacial score (nSPS) is 14.3. The zero-order chi connectivity index (χ0) is 17.3. The fraction of sp³-hybridized carbons (Fsp3) is 0.667. The van der Waals surface area contributed by atoms with E-state index in [1.807, 2.05) is 0 Å². The van der Waals surface area contributed by atoms with Crippen LogP contribution in [-0.2, 0) is 28.6 Å². The molecule has 0 amide bonds. The summed E-state index contributed by atoms with van der Waals surface area (Å²) in [5, 5.41) is 0.310. The van der Waals surface area contributed by atoms with Crippen molar-refractivity contribution in [3.63, 3.8) is 0 Å². The van der Waals surface area contributed by atoms with Gasteiger partial charge in [-0.1, -0.05) is 22.0 Å². The highest BCUT2D eigenvalue weighted by molar-refractivity contribution is 9.09. The first kappa shape index (κ1) is 20.6. The summed E-state index contributed by atoms with van der Waals surface area (Å²) >= 11 is 3.21. The largest absolute Gasteiger partial charge is 0.458 e. The van der Waals surface area contributed by atoms with Crippen LogP contribution in [0.3, 0.4) is 0 Å². The van der Waals surface area contributed by atoms with Gasteiger partial charge in [0.1, 0.15) is 17.8 Å². The van der Waals surface area contributed by atoms with Crippen molar-refractivity contribution in [2.75, 3.05) is 5.33 Å². The average Bonchev–Trinajstić information content (AvgIpc) is 2.31. The summed E-state index contributed by atoms with van der Waals surface area (Å²) in [6.45, 7) is 7.84. The van der Waals surface area contributed by atoms with Gasteiger partial charge in [0.25, 0.3) is 0 Å². The smallest absolute Gasteiger partial charge is 0.330 e. The Hall–Kier alpha value is -1.37. The Bertz CT molecular complexity index is 424. The molecule has 0 radical (unpaired) electrons. The topological polar surface area (TPSA) is 78.9 Å². The molecule has 126 valence electrons. The Morgan fingerprint density at radius 1 is 1.05 bits per heavy atom. The molecule has 0 bridgehead atoms. The molecule has 7 heteroatoms. The van der Waals surface area contributed by atoms with E-state index in [4.69, 9.17) is 14.2 Å². The molecule has 0 aromatic carbocycles. The van der Waals surface area contributed by atoms with Crippen molar-refractivity contribution in [2.45, 2.75) is 58.8 Å². The summed E-state index contributed by atoms with van der Waals surface area (Å²) in [6.07, 6.45) is 1.70. The van der Waals surface area contributed by atoms with E-state index in [1.165, 1.54) is 26.0 Å². The lowest BCUT2D eigenvalue weighted by Crippen LogP contribution is -2.35. The minimum atomic E-state index is -0.681. The van der Waals surface area contributed by atoms with E-state index in [0.29, 0.717) is 5.33 Å². The fourth-order valence-corrected chi connectivity index (χ4v) is 2.09. The van der Waals surface area contributed by atoms with E-state index >= 15 is 0 Å². The van der Waals surface area contributed by atoms with Crippen molar-refractivity contribution in [1.82, 2.24) is 0 Å². The van der Waals surface area contributed by atoms with Crippen LogP contribution < -0.4 is 0 Å².